The maximum atomic E-state index is 12.8. The molecule has 100 valence electrons. The Bertz CT molecular complexity index is 403. The number of ether oxygens (including phenoxy) is 2. The fraction of sp³-hybridized carbons (Fsp3) is 0.417. The van der Waals surface area contributed by atoms with E-state index in [4.69, 9.17) is 4.74 Å². The summed E-state index contributed by atoms with van der Waals surface area (Å²) in [6, 6.07) is 8.28. The lowest BCUT2D eigenvalue weighted by molar-refractivity contribution is -0.273. The summed E-state index contributed by atoms with van der Waals surface area (Å²) in [5.74, 6) is -1.47. The Balaban J connectivity index is 2.84. The number of halogens is 3. The summed E-state index contributed by atoms with van der Waals surface area (Å²) in [4.78, 5) is 11.2. The van der Waals surface area contributed by atoms with Crippen LogP contribution in [0.3, 0.4) is 0 Å². The van der Waals surface area contributed by atoms with Crippen LogP contribution in [0.15, 0.2) is 30.3 Å². The Morgan fingerprint density at radius 1 is 1.22 bits per heavy atom. The van der Waals surface area contributed by atoms with Crippen molar-refractivity contribution in [2.45, 2.75) is 25.3 Å². The van der Waals surface area contributed by atoms with Crippen LogP contribution < -0.4 is 0 Å². The van der Waals surface area contributed by atoms with Gasteiger partial charge in [-0.05, 0) is 12.5 Å². The Kier molecular flexibility index (Phi) is 4.34. The smallest absolute Gasteiger partial charge is 0.428 e. The van der Waals surface area contributed by atoms with Gasteiger partial charge < -0.3 is 9.47 Å². The van der Waals surface area contributed by atoms with E-state index in [1.807, 2.05) is 0 Å². The van der Waals surface area contributed by atoms with Crippen molar-refractivity contribution >= 4 is 5.97 Å². The number of hydrogen-bond acceptors (Lipinski definition) is 3. The molecule has 0 N–H and O–H groups in total. The van der Waals surface area contributed by atoms with Crippen LogP contribution in [0.25, 0.3) is 0 Å². The molecular formula is C12H13F3O3. The second kappa shape index (κ2) is 5.39. The first-order chi connectivity index (χ1) is 8.31. The summed E-state index contributed by atoms with van der Waals surface area (Å²) in [5, 5.41) is 0. The molecule has 1 aromatic carbocycles. The molecule has 0 aliphatic rings. The van der Waals surface area contributed by atoms with E-state index in [2.05, 4.69) is 4.74 Å². The molecule has 0 unspecified atom stereocenters. The van der Waals surface area contributed by atoms with Crippen LogP contribution in [0.4, 0.5) is 13.2 Å². The second-order valence-electron chi connectivity index (χ2n) is 3.80. The molecule has 0 aromatic heterocycles. The quantitative estimate of drug-likeness (QED) is 0.783. The molecule has 1 atom stereocenters. The summed E-state index contributed by atoms with van der Waals surface area (Å²) >= 11 is 0. The van der Waals surface area contributed by atoms with Crippen molar-refractivity contribution in [3.8, 4) is 0 Å². The highest BCUT2D eigenvalue weighted by Crippen LogP contribution is 2.35. The van der Waals surface area contributed by atoms with Crippen LogP contribution in [0, 0.1) is 0 Å². The Morgan fingerprint density at radius 3 is 2.22 bits per heavy atom. The molecule has 0 spiro atoms. The van der Waals surface area contributed by atoms with E-state index >= 15 is 0 Å². The van der Waals surface area contributed by atoms with Crippen molar-refractivity contribution in [1.82, 2.24) is 0 Å². The molecule has 1 aromatic rings. The predicted molar refractivity (Wildman–Crippen MR) is 57.7 cm³/mol. The van der Waals surface area contributed by atoms with Gasteiger partial charge in [0.2, 0.25) is 0 Å². The van der Waals surface area contributed by atoms with Crippen molar-refractivity contribution in [3.63, 3.8) is 0 Å². The zero-order valence-corrected chi connectivity index (χ0v) is 9.95. The minimum atomic E-state index is -4.84. The van der Waals surface area contributed by atoms with Crippen molar-refractivity contribution in [3.05, 3.63) is 35.9 Å². The lowest BCUT2D eigenvalue weighted by atomic mass is 10.1. The Labute approximate surface area is 103 Å². The van der Waals surface area contributed by atoms with Gasteiger partial charge in [0, 0.05) is 0 Å². The van der Waals surface area contributed by atoms with Gasteiger partial charge in [0.15, 0.2) is 0 Å². The number of carbonyl (C=O) groups is 1. The average Bonchev–Trinajstić information content (AvgIpc) is 2.34. The third kappa shape index (κ3) is 3.01. The molecule has 0 amide bonds. The van der Waals surface area contributed by atoms with Gasteiger partial charge in [-0.3, -0.25) is 0 Å². The summed E-state index contributed by atoms with van der Waals surface area (Å²) < 4.78 is 47.3. The van der Waals surface area contributed by atoms with E-state index in [1.165, 1.54) is 0 Å². The minimum absolute atomic E-state index is 0.327. The topological polar surface area (TPSA) is 35.5 Å². The first-order valence-electron chi connectivity index (χ1n) is 5.14. The molecule has 1 rings (SSSR count). The third-order valence-corrected chi connectivity index (χ3v) is 2.49. The van der Waals surface area contributed by atoms with Gasteiger partial charge in [-0.15, -0.1) is 0 Å². The monoisotopic (exact) mass is 262 g/mol. The highest BCUT2D eigenvalue weighted by molar-refractivity contribution is 5.80. The summed E-state index contributed by atoms with van der Waals surface area (Å²) in [6.45, 7) is 0.327. The molecule has 0 aliphatic heterocycles. The summed E-state index contributed by atoms with van der Waals surface area (Å²) in [6.07, 6.45) is -4.84. The second-order valence-corrected chi connectivity index (χ2v) is 3.80. The van der Waals surface area contributed by atoms with E-state index < -0.39 is 17.7 Å². The average molecular weight is 262 g/mol. The molecule has 0 aliphatic carbocycles. The number of hydrogen-bond donors (Lipinski definition) is 0. The number of benzene rings is 1. The molecule has 6 heteroatoms. The van der Waals surface area contributed by atoms with Gasteiger partial charge >= 0.3 is 12.1 Å². The van der Waals surface area contributed by atoms with Crippen molar-refractivity contribution in [2.24, 2.45) is 0 Å². The van der Waals surface area contributed by atoms with Gasteiger partial charge in [0.1, 0.15) is 0 Å². The van der Waals surface area contributed by atoms with E-state index in [0.717, 1.165) is 7.11 Å². The van der Waals surface area contributed by atoms with Gasteiger partial charge in [-0.25, -0.2) is 4.79 Å². The van der Waals surface area contributed by atoms with E-state index in [0.29, 0.717) is 12.5 Å². The van der Waals surface area contributed by atoms with Crippen molar-refractivity contribution in [1.29, 1.82) is 0 Å². The minimum Gasteiger partial charge on any atom is -0.467 e. The SMILES string of the molecule is COC(=O)[C@@](C)(OCc1ccccc1)C(F)(F)F. The summed E-state index contributed by atoms with van der Waals surface area (Å²) in [5.41, 5.74) is -2.42. The lowest BCUT2D eigenvalue weighted by Gasteiger charge is -2.29. The van der Waals surface area contributed by atoms with Gasteiger partial charge in [-0.2, -0.15) is 13.2 Å². The van der Waals surface area contributed by atoms with Crippen LogP contribution >= 0.6 is 0 Å². The molecule has 0 saturated carbocycles. The number of methoxy groups -OCH3 is 1. The van der Waals surface area contributed by atoms with E-state index in [1.54, 1.807) is 30.3 Å². The number of alkyl halides is 3. The molecule has 0 fully saturated rings. The molecule has 0 heterocycles. The fourth-order valence-electron chi connectivity index (χ4n) is 1.25. The zero-order valence-electron chi connectivity index (χ0n) is 9.95. The Hall–Kier alpha value is -1.56. The third-order valence-electron chi connectivity index (χ3n) is 2.49. The molecular weight excluding hydrogens is 249 g/mol. The largest absolute Gasteiger partial charge is 0.467 e. The van der Waals surface area contributed by atoms with Crippen LogP contribution in [0.1, 0.15) is 12.5 Å². The normalized spacial score (nSPS) is 14.9. The maximum Gasteiger partial charge on any atom is 0.428 e. The van der Waals surface area contributed by atoms with Gasteiger partial charge in [0.05, 0.1) is 13.7 Å². The highest BCUT2D eigenvalue weighted by Gasteiger charge is 2.59. The summed E-state index contributed by atoms with van der Waals surface area (Å²) in [7, 11) is 0.887. The Morgan fingerprint density at radius 2 is 1.78 bits per heavy atom. The number of rotatable bonds is 4. The van der Waals surface area contributed by atoms with Crippen LogP contribution in [-0.4, -0.2) is 24.9 Å². The highest BCUT2D eigenvalue weighted by atomic mass is 19.4. The molecule has 0 bridgehead atoms. The molecule has 0 saturated heterocycles. The maximum absolute atomic E-state index is 12.8. The number of carbonyl (C=O) groups excluding carboxylic acids is 1. The fourth-order valence-corrected chi connectivity index (χ4v) is 1.25. The lowest BCUT2D eigenvalue weighted by Crippen LogP contribution is -2.52. The van der Waals surface area contributed by atoms with Crippen molar-refractivity contribution in [2.75, 3.05) is 7.11 Å². The van der Waals surface area contributed by atoms with E-state index in [9.17, 15) is 18.0 Å². The first-order valence-corrected chi connectivity index (χ1v) is 5.14. The molecule has 3 nitrogen and oxygen atoms in total. The van der Waals surface area contributed by atoms with Crippen LogP contribution in [-0.2, 0) is 20.9 Å². The number of esters is 1. The van der Waals surface area contributed by atoms with Crippen molar-refractivity contribution < 1.29 is 27.4 Å². The first kappa shape index (κ1) is 14.5. The van der Waals surface area contributed by atoms with Gasteiger partial charge in [0.25, 0.3) is 5.60 Å². The predicted octanol–water partition coefficient (Wildman–Crippen LogP) is 2.70. The molecule has 18 heavy (non-hydrogen) atoms. The van der Waals surface area contributed by atoms with Gasteiger partial charge in [-0.1, -0.05) is 30.3 Å². The van der Waals surface area contributed by atoms with Crippen LogP contribution in [0.5, 0.6) is 0 Å². The van der Waals surface area contributed by atoms with Crippen LogP contribution in [0.2, 0.25) is 0 Å². The standard InChI is InChI=1S/C12H13F3O3/c1-11(10(16)17-2,12(13,14)15)18-8-9-6-4-3-5-7-9/h3-7H,8H2,1-2H3/t11-/m1/s1. The van der Waals surface area contributed by atoms with E-state index in [-0.39, 0.29) is 6.61 Å². The zero-order chi connectivity index (χ0) is 13.8. The molecule has 0 radical (unpaired) electrons.